The van der Waals surface area contributed by atoms with Crippen LogP contribution in [0.2, 0.25) is 0 Å². The zero-order valence-electron chi connectivity index (χ0n) is 29.4. The van der Waals surface area contributed by atoms with Gasteiger partial charge in [0.15, 0.2) is 0 Å². The van der Waals surface area contributed by atoms with Crippen molar-refractivity contribution in [2.45, 2.75) is 65.2 Å². The second-order valence-corrected chi connectivity index (χ2v) is 11.7. The monoisotopic (exact) mass is 772 g/mol. The fourth-order valence-corrected chi connectivity index (χ4v) is 6.01. The van der Waals surface area contributed by atoms with Gasteiger partial charge in [-0.2, -0.15) is 77.9 Å². The van der Waals surface area contributed by atoms with E-state index in [1.54, 1.807) is 0 Å². The Bertz CT molecular complexity index is 1820. The van der Waals surface area contributed by atoms with Gasteiger partial charge in [0.25, 0.3) is 0 Å². The van der Waals surface area contributed by atoms with Crippen molar-refractivity contribution in [3.63, 3.8) is 0 Å². The molecule has 6 aromatic rings. The third-order valence-electron chi connectivity index (χ3n) is 8.40. The molecule has 258 valence electrons. The Morgan fingerprint density at radius 2 is 1.20 bits per heavy atom. The Hall–Kier alpha value is -3.35. The quantitative estimate of drug-likeness (QED) is 0.117. The van der Waals surface area contributed by atoms with Crippen molar-refractivity contribution >= 4 is 50.6 Å². The Labute approximate surface area is 328 Å². The van der Waals surface area contributed by atoms with Gasteiger partial charge in [-0.05, 0) is 28.5 Å². The summed E-state index contributed by atoms with van der Waals surface area (Å²) < 4.78 is 3.34. The molecule has 2 aliphatic carbocycles. The van der Waals surface area contributed by atoms with Gasteiger partial charge in [0.05, 0.1) is 0 Å². The number of rotatable bonds is 6. The van der Waals surface area contributed by atoms with E-state index in [9.17, 15) is 0 Å². The summed E-state index contributed by atoms with van der Waals surface area (Å²) in [7, 11) is 0. The van der Waals surface area contributed by atoms with Crippen LogP contribution in [0.25, 0.3) is 32.7 Å². The van der Waals surface area contributed by atoms with Crippen molar-refractivity contribution in [1.82, 2.24) is 0 Å². The fraction of sp³-hybridized carbons (Fsp3) is 0.213. The molecule has 0 bridgehead atoms. The van der Waals surface area contributed by atoms with Crippen LogP contribution in [0.3, 0.4) is 0 Å². The molecule has 6 aromatic carbocycles. The minimum Gasteiger partial charge on any atom is -0.147 e. The topological polar surface area (TPSA) is 0 Å². The van der Waals surface area contributed by atoms with Crippen LogP contribution in [0.1, 0.15) is 68.2 Å². The zero-order valence-corrected chi connectivity index (χ0v) is 33.5. The van der Waals surface area contributed by atoms with E-state index in [1.807, 2.05) is 42.5 Å². The molecule has 8 rings (SSSR count). The smallest absolute Gasteiger partial charge is 0.0240 e. The number of fused-ring (bicyclic) bond motifs is 8. The second kappa shape index (κ2) is 24.7. The number of benzene rings is 6. The van der Waals surface area contributed by atoms with Gasteiger partial charge in [-0.1, -0.05) is 106 Å². The summed E-state index contributed by atoms with van der Waals surface area (Å²) in [4.78, 5) is 0. The Morgan fingerprint density at radius 1 is 0.640 bits per heavy atom. The first-order valence-electron chi connectivity index (χ1n) is 17.2. The van der Waals surface area contributed by atoms with Crippen LogP contribution in [0.4, 0.5) is 0 Å². The number of hydrogen-bond acceptors (Lipinski definition) is 0. The van der Waals surface area contributed by atoms with Crippen LogP contribution < -0.4 is 0 Å². The molecule has 0 nitrogen and oxygen atoms in total. The maximum Gasteiger partial charge on any atom is -0.0240 e. The first kappa shape index (κ1) is 42.8. The molecule has 0 spiro atoms. The van der Waals surface area contributed by atoms with E-state index in [0.29, 0.717) is 0 Å². The Kier molecular flexibility index (Phi) is 21.2. The minimum atomic E-state index is 0. The molecule has 0 fully saturated rings. The number of halogens is 2. The largest absolute Gasteiger partial charge is 0.147 e. The van der Waals surface area contributed by atoms with Gasteiger partial charge in [-0.25, -0.2) is 12.2 Å². The van der Waals surface area contributed by atoms with Crippen LogP contribution >= 0.6 is 24.8 Å². The molecule has 0 saturated carbocycles. The number of aryl methyl sites for hydroxylation is 2. The third kappa shape index (κ3) is 12.5. The summed E-state index contributed by atoms with van der Waals surface area (Å²) in [5.74, 6) is 0. The molecular weight excluding hydrogens is 727 g/mol. The molecule has 0 radical (unpaired) electrons. The third-order valence-corrected chi connectivity index (χ3v) is 8.40. The van der Waals surface area contributed by atoms with E-state index in [-0.39, 0.29) is 24.8 Å². The van der Waals surface area contributed by atoms with Crippen molar-refractivity contribution in [2.24, 2.45) is 0 Å². The molecule has 0 saturated heterocycles. The van der Waals surface area contributed by atoms with Gasteiger partial charge in [0.1, 0.15) is 0 Å². The van der Waals surface area contributed by atoms with E-state index >= 15 is 0 Å². The molecule has 3 heteroatoms. The SMILES string of the molecule is CCCCc1cc[c-]cc1.CCCCc1cc[c-]cc1.Cl.Cl.[C-]1=CC=CC1.[CH2]=[Zr].[c-]1cccc2c1c1c(c3ccccc32)-c2ccccc2C1. The van der Waals surface area contributed by atoms with Crippen LogP contribution in [-0.4, -0.2) is 4.21 Å². The molecular formula is C47H48Cl2Zr-4. The number of allylic oxidation sites excluding steroid dienone is 4. The van der Waals surface area contributed by atoms with E-state index in [4.69, 9.17) is 0 Å². The van der Waals surface area contributed by atoms with Crippen molar-refractivity contribution in [3.8, 4) is 11.1 Å². The van der Waals surface area contributed by atoms with Gasteiger partial charge >= 0.3 is 28.4 Å². The fourth-order valence-electron chi connectivity index (χ4n) is 6.01. The molecule has 50 heavy (non-hydrogen) atoms. The van der Waals surface area contributed by atoms with Crippen LogP contribution in [0.5, 0.6) is 0 Å². The summed E-state index contributed by atoms with van der Waals surface area (Å²) in [6.45, 7) is 4.43. The first-order valence-corrected chi connectivity index (χ1v) is 18.9. The van der Waals surface area contributed by atoms with Crippen molar-refractivity contribution in [1.29, 1.82) is 0 Å². The zero-order chi connectivity index (χ0) is 33.8. The van der Waals surface area contributed by atoms with E-state index < -0.39 is 0 Å². The van der Waals surface area contributed by atoms with Crippen molar-refractivity contribution in [3.05, 3.63) is 180 Å². The molecule has 0 aliphatic heterocycles. The maximum atomic E-state index is 3.48. The molecule has 0 N–H and O–H groups in total. The van der Waals surface area contributed by atoms with E-state index in [1.165, 1.54) is 118 Å². The maximum absolute atomic E-state index is 3.48. The van der Waals surface area contributed by atoms with Gasteiger partial charge < -0.3 is 0 Å². The van der Waals surface area contributed by atoms with Crippen LogP contribution in [-0.2, 0) is 43.5 Å². The molecule has 0 aromatic heterocycles. The molecule has 0 heterocycles. The Morgan fingerprint density at radius 3 is 1.74 bits per heavy atom. The predicted octanol–water partition coefficient (Wildman–Crippen LogP) is 13.1. The van der Waals surface area contributed by atoms with Gasteiger partial charge in [-0.3, -0.25) is 6.08 Å². The summed E-state index contributed by atoms with van der Waals surface area (Å²) in [6.07, 6.45) is 18.6. The van der Waals surface area contributed by atoms with Crippen LogP contribution in [0, 0.1) is 24.3 Å². The summed E-state index contributed by atoms with van der Waals surface area (Å²) >= 11 is 1.30. The summed E-state index contributed by atoms with van der Waals surface area (Å²) in [6, 6.07) is 49.8. The van der Waals surface area contributed by atoms with E-state index in [2.05, 4.69) is 133 Å². The van der Waals surface area contributed by atoms with Crippen molar-refractivity contribution in [2.75, 3.05) is 0 Å². The molecule has 0 atom stereocenters. The standard InChI is InChI=1S/C21H13.2C10H13.C5H5.CH2.2ClH.Zr/c1-2-8-15-14(7-1)13-20-18-11-4-3-9-16(18)17-10-5-6-12-19(17)21(15)20;2*1-2-3-7-10-8-5-4-6-9-10;1-2-4-5-3-1;;;;/h1-10,12H,13H2;2*5-6,8-9H,2-3,7H2,1H3;1-3H,4H2;1H2;2*1H;/q4*-1;;;;. The average Bonchev–Trinajstić information content (AvgIpc) is 3.89. The van der Waals surface area contributed by atoms with Crippen molar-refractivity contribution < 1.29 is 24.2 Å². The molecule has 0 amide bonds. The Balaban J connectivity index is 0.000000254. The van der Waals surface area contributed by atoms with Gasteiger partial charge in [-0.15, -0.1) is 71.8 Å². The number of unbranched alkanes of at least 4 members (excludes halogenated alkanes) is 2. The predicted molar refractivity (Wildman–Crippen MR) is 219 cm³/mol. The minimum absolute atomic E-state index is 0. The summed E-state index contributed by atoms with van der Waals surface area (Å²) in [5, 5.41) is 5.30. The van der Waals surface area contributed by atoms with Gasteiger partial charge in [0.2, 0.25) is 0 Å². The number of hydrogen-bond donors (Lipinski definition) is 0. The van der Waals surface area contributed by atoms with E-state index in [0.717, 1.165) is 12.8 Å². The van der Waals surface area contributed by atoms with Gasteiger partial charge in [0, 0.05) is 0 Å². The van der Waals surface area contributed by atoms with Crippen LogP contribution in [0.15, 0.2) is 133 Å². The second-order valence-electron chi connectivity index (χ2n) is 11.7. The normalized spacial score (nSPS) is 11.0. The average molecular weight is 775 g/mol. The molecule has 2 aliphatic rings. The first-order chi connectivity index (χ1) is 23.8. The summed E-state index contributed by atoms with van der Waals surface area (Å²) in [5.41, 5.74) is 8.54. The molecule has 0 unspecified atom stereocenters.